The summed E-state index contributed by atoms with van der Waals surface area (Å²) in [6.07, 6.45) is 0. The molecule has 3 aromatic carbocycles. The fourth-order valence-electron chi connectivity index (χ4n) is 3.04. The number of methoxy groups -OCH3 is 1. The average molecular weight is 508 g/mol. The van der Waals surface area contributed by atoms with Crippen LogP contribution in [0.4, 0.5) is 21.5 Å². The lowest BCUT2D eigenvalue weighted by molar-refractivity contribution is -0.385. The molecule has 0 heterocycles. The molecule has 34 heavy (non-hydrogen) atoms. The Morgan fingerprint density at radius 2 is 1.82 bits per heavy atom. The quantitative estimate of drug-likeness (QED) is 0.353. The molecule has 178 valence electrons. The summed E-state index contributed by atoms with van der Waals surface area (Å²) in [4.78, 5) is 23.0. The van der Waals surface area contributed by atoms with Crippen molar-refractivity contribution in [1.82, 2.24) is 0 Å². The van der Waals surface area contributed by atoms with Crippen molar-refractivity contribution in [1.29, 1.82) is 0 Å². The smallest absolute Gasteiger partial charge is 0.273 e. The molecule has 9 nitrogen and oxygen atoms in total. The number of rotatable bonds is 8. The summed E-state index contributed by atoms with van der Waals surface area (Å²) in [5, 5.41) is 13.6. The molecule has 0 unspecified atom stereocenters. The highest BCUT2D eigenvalue weighted by molar-refractivity contribution is 7.92. The van der Waals surface area contributed by atoms with Gasteiger partial charge in [0.2, 0.25) is 5.91 Å². The van der Waals surface area contributed by atoms with Gasteiger partial charge in [-0.3, -0.25) is 19.2 Å². The molecule has 0 saturated heterocycles. The predicted molar refractivity (Wildman–Crippen MR) is 125 cm³/mol. The lowest BCUT2D eigenvalue weighted by Gasteiger charge is -2.24. The van der Waals surface area contributed by atoms with Crippen LogP contribution in [0, 0.1) is 22.9 Å². The van der Waals surface area contributed by atoms with Crippen LogP contribution in [0.25, 0.3) is 0 Å². The number of carbonyl (C=O) groups is 1. The first-order valence-electron chi connectivity index (χ1n) is 9.69. The number of sulfonamides is 1. The van der Waals surface area contributed by atoms with E-state index < -0.39 is 33.2 Å². The SMILES string of the molecule is COc1ccc(N(CC(=O)Nc2ccc(F)c(Cl)c2)S(=O)(=O)c2ccc(C)c([N+](=O)[O-])c2)cc1. The van der Waals surface area contributed by atoms with E-state index in [1.807, 2.05) is 0 Å². The molecule has 0 radical (unpaired) electrons. The van der Waals surface area contributed by atoms with E-state index in [4.69, 9.17) is 16.3 Å². The average Bonchev–Trinajstić information content (AvgIpc) is 2.80. The van der Waals surface area contributed by atoms with Crippen molar-refractivity contribution in [2.24, 2.45) is 0 Å². The molecule has 0 aromatic heterocycles. The number of nitro benzene ring substituents is 1. The van der Waals surface area contributed by atoms with Gasteiger partial charge < -0.3 is 10.1 Å². The fourth-order valence-corrected chi connectivity index (χ4v) is 4.66. The van der Waals surface area contributed by atoms with Crippen LogP contribution in [0.15, 0.2) is 65.6 Å². The number of carbonyl (C=O) groups excluding carboxylic acids is 1. The normalized spacial score (nSPS) is 11.1. The van der Waals surface area contributed by atoms with Gasteiger partial charge in [0, 0.05) is 17.3 Å². The van der Waals surface area contributed by atoms with Crippen LogP contribution in [-0.2, 0) is 14.8 Å². The number of benzene rings is 3. The minimum atomic E-state index is -4.41. The lowest BCUT2D eigenvalue weighted by Crippen LogP contribution is -2.38. The third-order valence-electron chi connectivity index (χ3n) is 4.82. The Balaban J connectivity index is 2.00. The van der Waals surface area contributed by atoms with Crippen LogP contribution in [0.3, 0.4) is 0 Å². The number of aryl methyl sites for hydroxylation is 1. The van der Waals surface area contributed by atoms with Gasteiger partial charge in [-0.25, -0.2) is 12.8 Å². The zero-order chi connectivity index (χ0) is 25.0. The number of amides is 1. The molecule has 0 atom stereocenters. The maximum atomic E-state index is 13.5. The monoisotopic (exact) mass is 507 g/mol. The number of hydrogen-bond donors (Lipinski definition) is 1. The van der Waals surface area contributed by atoms with Crippen LogP contribution in [0.1, 0.15) is 5.56 Å². The fraction of sp³-hybridized carbons (Fsp3) is 0.136. The molecule has 0 aliphatic heterocycles. The van der Waals surface area contributed by atoms with E-state index >= 15 is 0 Å². The molecule has 0 saturated carbocycles. The minimum absolute atomic E-state index is 0.122. The molecular weight excluding hydrogens is 489 g/mol. The number of ether oxygens (including phenoxy) is 1. The van der Waals surface area contributed by atoms with E-state index in [-0.39, 0.29) is 32.5 Å². The lowest BCUT2D eigenvalue weighted by atomic mass is 10.2. The van der Waals surface area contributed by atoms with Gasteiger partial charge >= 0.3 is 0 Å². The highest BCUT2D eigenvalue weighted by Gasteiger charge is 2.29. The first-order chi connectivity index (χ1) is 16.0. The van der Waals surface area contributed by atoms with Gasteiger partial charge in [-0.2, -0.15) is 0 Å². The van der Waals surface area contributed by atoms with E-state index in [1.165, 1.54) is 62.6 Å². The third-order valence-corrected chi connectivity index (χ3v) is 6.88. The molecule has 0 aliphatic rings. The Labute approximate surface area is 199 Å². The maximum absolute atomic E-state index is 13.5. The predicted octanol–water partition coefficient (Wildman–Crippen LogP) is 4.54. The second kappa shape index (κ2) is 10.1. The highest BCUT2D eigenvalue weighted by atomic mass is 35.5. The number of anilines is 2. The topological polar surface area (TPSA) is 119 Å². The van der Waals surface area contributed by atoms with Crippen LogP contribution in [-0.4, -0.2) is 32.9 Å². The Hall–Kier alpha value is -3.70. The van der Waals surface area contributed by atoms with Gasteiger partial charge in [-0.05, 0) is 55.5 Å². The summed E-state index contributed by atoms with van der Waals surface area (Å²) in [6, 6.07) is 12.9. The van der Waals surface area contributed by atoms with Crippen LogP contribution < -0.4 is 14.4 Å². The highest BCUT2D eigenvalue weighted by Crippen LogP contribution is 2.29. The Morgan fingerprint density at radius 3 is 2.41 bits per heavy atom. The van der Waals surface area contributed by atoms with Gasteiger partial charge in [-0.15, -0.1) is 0 Å². The molecule has 0 aliphatic carbocycles. The number of halogens is 2. The maximum Gasteiger partial charge on any atom is 0.273 e. The van der Waals surface area contributed by atoms with E-state index in [2.05, 4.69) is 5.32 Å². The summed E-state index contributed by atoms with van der Waals surface area (Å²) < 4.78 is 46.3. The summed E-state index contributed by atoms with van der Waals surface area (Å²) in [7, 11) is -2.97. The Bertz CT molecular complexity index is 1350. The number of nitrogens with zero attached hydrogens (tertiary/aromatic N) is 2. The van der Waals surface area contributed by atoms with Crippen molar-refractivity contribution >= 4 is 44.6 Å². The summed E-state index contributed by atoms with van der Waals surface area (Å²) in [6.45, 7) is 0.808. The van der Waals surface area contributed by atoms with Gasteiger partial charge in [0.05, 0.1) is 27.6 Å². The van der Waals surface area contributed by atoms with Crippen molar-refractivity contribution in [3.8, 4) is 5.75 Å². The van der Waals surface area contributed by atoms with Crippen molar-refractivity contribution in [2.45, 2.75) is 11.8 Å². The van der Waals surface area contributed by atoms with Crippen molar-refractivity contribution in [3.63, 3.8) is 0 Å². The van der Waals surface area contributed by atoms with Gasteiger partial charge in [0.1, 0.15) is 18.1 Å². The second-order valence-electron chi connectivity index (χ2n) is 7.09. The minimum Gasteiger partial charge on any atom is -0.497 e. The zero-order valence-electron chi connectivity index (χ0n) is 18.0. The molecule has 3 rings (SSSR count). The Kier molecular flexibility index (Phi) is 7.38. The molecule has 3 aromatic rings. The van der Waals surface area contributed by atoms with E-state index in [0.717, 1.165) is 16.4 Å². The number of hydrogen-bond acceptors (Lipinski definition) is 6. The van der Waals surface area contributed by atoms with Gasteiger partial charge in [0.15, 0.2) is 0 Å². The first-order valence-corrected chi connectivity index (χ1v) is 11.5. The second-order valence-corrected chi connectivity index (χ2v) is 9.36. The standard InChI is InChI=1S/C22H19ClFN3O6S/c1-14-3-9-18(12-21(14)27(29)30)34(31,32)26(16-5-7-17(33-2)8-6-16)13-22(28)25-15-4-10-20(24)19(23)11-15/h3-12H,13H2,1-2H3,(H,25,28). The summed E-state index contributed by atoms with van der Waals surface area (Å²) in [5.41, 5.74) is 0.192. The largest absolute Gasteiger partial charge is 0.497 e. The zero-order valence-corrected chi connectivity index (χ0v) is 19.6. The van der Waals surface area contributed by atoms with Crippen LogP contribution in [0.2, 0.25) is 5.02 Å². The van der Waals surface area contributed by atoms with Crippen molar-refractivity contribution in [3.05, 3.63) is 87.2 Å². The number of nitrogens with one attached hydrogen (secondary N) is 1. The Morgan fingerprint density at radius 1 is 1.15 bits per heavy atom. The third kappa shape index (κ3) is 5.43. The molecule has 0 spiro atoms. The molecule has 1 N–H and O–H groups in total. The number of nitro groups is 1. The van der Waals surface area contributed by atoms with Gasteiger partial charge in [0.25, 0.3) is 15.7 Å². The molecule has 1 amide bonds. The van der Waals surface area contributed by atoms with E-state index in [0.29, 0.717) is 5.75 Å². The summed E-state index contributed by atoms with van der Waals surface area (Å²) >= 11 is 5.73. The van der Waals surface area contributed by atoms with Crippen molar-refractivity contribution in [2.75, 3.05) is 23.3 Å². The van der Waals surface area contributed by atoms with Crippen LogP contribution >= 0.6 is 11.6 Å². The van der Waals surface area contributed by atoms with Crippen molar-refractivity contribution < 1.29 is 27.3 Å². The van der Waals surface area contributed by atoms with E-state index in [9.17, 15) is 27.7 Å². The molecular formula is C22H19ClFN3O6S. The van der Waals surface area contributed by atoms with Gasteiger partial charge in [-0.1, -0.05) is 17.7 Å². The molecule has 0 fully saturated rings. The molecule has 0 bridgehead atoms. The van der Waals surface area contributed by atoms with E-state index in [1.54, 1.807) is 0 Å². The summed E-state index contributed by atoms with van der Waals surface area (Å²) in [5.74, 6) is -0.968. The van der Waals surface area contributed by atoms with Crippen LogP contribution in [0.5, 0.6) is 5.75 Å². The first kappa shape index (κ1) is 24.9. The molecule has 12 heteroatoms.